The lowest BCUT2D eigenvalue weighted by Crippen LogP contribution is -2.33. The molecular weight excluding hydrogens is 316 g/mol. The van der Waals surface area contributed by atoms with Gasteiger partial charge in [-0.15, -0.1) is 11.3 Å². The second-order valence-electron chi connectivity index (χ2n) is 7.94. The van der Waals surface area contributed by atoms with Crippen LogP contribution in [0.25, 0.3) is 17.2 Å². The maximum absolute atomic E-state index is 10.7. The van der Waals surface area contributed by atoms with Gasteiger partial charge in [0.1, 0.15) is 0 Å². The molecule has 0 unspecified atom stereocenters. The number of carbonyl (C=O) groups is 1. The van der Waals surface area contributed by atoms with Gasteiger partial charge >= 0.3 is 5.97 Å². The summed E-state index contributed by atoms with van der Waals surface area (Å²) in [7, 11) is 0. The Morgan fingerprint density at radius 1 is 1.04 bits per heavy atom. The molecule has 3 heteroatoms. The van der Waals surface area contributed by atoms with Gasteiger partial charge in [0.25, 0.3) is 0 Å². The first-order valence-corrected chi connectivity index (χ1v) is 9.22. The number of carboxylic acids is 1. The van der Waals surface area contributed by atoms with E-state index in [4.69, 9.17) is 5.11 Å². The number of thiophene rings is 1. The van der Waals surface area contributed by atoms with Crippen LogP contribution < -0.4 is 0 Å². The van der Waals surface area contributed by atoms with E-state index in [0.29, 0.717) is 0 Å². The molecule has 0 amide bonds. The third kappa shape index (κ3) is 3.18. The molecule has 126 valence electrons. The number of hydrogen-bond acceptors (Lipinski definition) is 2. The maximum atomic E-state index is 10.7. The Labute approximate surface area is 147 Å². The summed E-state index contributed by atoms with van der Waals surface area (Å²) in [5, 5.41) is 10.9. The zero-order valence-electron chi connectivity index (χ0n) is 14.7. The summed E-state index contributed by atoms with van der Waals surface area (Å²) in [6.45, 7) is 9.33. The molecule has 2 aromatic rings. The zero-order chi connectivity index (χ0) is 17.5. The molecule has 2 nitrogen and oxygen atoms in total. The van der Waals surface area contributed by atoms with Crippen LogP contribution in [0.1, 0.15) is 56.5 Å². The van der Waals surface area contributed by atoms with Crippen molar-refractivity contribution in [2.75, 3.05) is 0 Å². The first kappa shape index (κ1) is 17.0. The van der Waals surface area contributed by atoms with Crippen LogP contribution in [0.15, 0.2) is 35.7 Å². The van der Waals surface area contributed by atoms with Crippen LogP contribution in [0.2, 0.25) is 0 Å². The van der Waals surface area contributed by atoms with E-state index in [1.807, 2.05) is 0 Å². The van der Waals surface area contributed by atoms with E-state index >= 15 is 0 Å². The van der Waals surface area contributed by atoms with Crippen LogP contribution >= 0.6 is 11.3 Å². The van der Waals surface area contributed by atoms with Crippen molar-refractivity contribution < 1.29 is 9.90 Å². The molecule has 0 radical (unpaired) electrons. The summed E-state index contributed by atoms with van der Waals surface area (Å²) in [4.78, 5) is 11.6. The SMILES string of the molecule is CC1(C)CCC(C)(C)c2cc(-c3csc(/C=C/C(=O)O)c3)ccc21. The Balaban J connectivity index is 2.01. The molecule has 0 aliphatic heterocycles. The second-order valence-corrected chi connectivity index (χ2v) is 8.88. The van der Waals surface area contributed by atoms with Crippen molar-refractivity contribution in [3.8, 4) is 11.1 Å². The highest BCUT2D eigenvalue weighted by atomic mass is 32.1. The lowest BCUT2D eigenvalue weighted by Gasteiger charge is -2.42. The summed E-state index contributed by atoms with van der Waals surface area (Å²) in [6.07, 6.45) is 5.26. The van der Waals surface area contributed by atoms with Gasteiger partial charge in [-0.25, -0.2) is 4.79 Å². The average Bonchev–Trinajstić information content (AvgIpc) is 2.99. The Bertz CT molecular complexity index is 809. The van der Waals surface area contributed by atoms with Crippen LogP contribution in [0.4, 0.5) is 0 Å². The third-order valence-corrected chi connectivity index (χ3v) is 6.09. The van der Waals surface area contributed by atoms with Gasteiger partial charge in [-0.1, -0.05) is 45.9 Å². The minimum Gasteiger partial charge on any atom is -0.478 e. The molecule has 24 heavy (non-hydrogen) atoms. The van der Waals surface area contributed by atoms with E-state index in [1.165, 1.54) is 35.6 Å². The molecule has 1 aliphatic carbocycles. The van der Waals surface area contributed by atoms with Crippen LogP contribution in [-0.4, -0.2) is 11.1 Å². The molecule has 0 saturated heterocycles. The van der Waals surface area contributed by atoms with E-state index in [-0.39, 0.29) is 10.8 Å². The molecular formula is C21H24O2S. The smallest absolute Gasteiger partial charge is 0.328 e. The number of benzene rings is 1. The van der Waals surface area contributed by atoms with E-state index in [1.54, 1.807) is 17.4 Å². The topological polar surface area (TPSA) is 37.3 Å². The molecule has 1 N–H and O–H groups in total. The van der Waals surface area contributed by atoms with Crippen molar-refractivity contribution in [1.29, 1.82) is 0 Å². The van der Waals surface area contributed by atoms with Gasteiger partial charge in [-0.3, -0.25) is 0 Å². The number of hydrogen-bond donors (Lipinski definition) is 1. The number of rotatable bonds is 3. The van der Waals surface area contributed by atoms with Gasteiger partial charge in [0, 0.05) is 11.0 Å². The monoisotopic (exact) mass is 340 g/mol. The highest BCUT2D eigenvalue weighted by molar-refractivity contribution is 7.11. The molecule has 0 atom stereocenters. The maximum Gasteiger partial charge on any atom is 0.328 e. The van der Waals surface area contributed by atoms with Crippen LogP contribution in [0.5, 0.6) is 0 Å². The molecule has 1 aromatic carbocycles. The molecule has 0 fully saturated rings. The third-order valence-electron chi connectivity index (χ3n) is 5.20. The fourth-order valence-electron chi connectivity index (χ4n) is 3.51. The van der Waals surface area contributed by atoms with Crippen LogP contribution in [0.3, 0.4) is 0 Å². The van der Waals surface area contributed by atoms with Crippen LogP contribution in [0, 0.1) is 0 Å². The minimum absolute atomic E-state index is 0.197. The molecule has 0 saturated carbocycles. The Hall–Kier alpha value is -1.87. The van der Waals surface area contributed by atoms with Crippen molar-refractivity contribution in [3.05, 3.63) is 51.7 Å². The Kier molecular flexibility index (Phi) is 4.16. The predicted molar refractivity (Wildman–Crippen MR) is 102 cm³/mol. The van der Waals surface area contributed by atoms with Crippen molar-refractivity contribution >= 4 is 23.4 Å². The summed E-state index contributed by atoms with van der Waals surface area (Å²) in [5.74, 6) is -0.914. The van der Waals surface area contributed by atoms with E-state index < -0.39 is 5.97 Å². The van der Waals surface area contributed by atoms with Crippen LogP contribution in [-0.2, 0) is 15.6 Å². The highest BCUT2D eigenvalue weighted by Crippen LogP contribution is 2.46. The highest BCUT2D eigenvalue weighted by Gasteiger charge is 2.36. The zero-order valence-corrected chi connectivity index (χ0v) is 15.5. The van der Waals surface area contributed by atoms with Crippen molar-refractivity contribution in [3.63, 3.8) is 0 Å². The molecule has 3 rings (SSSR count). The fraction of sp³-hybridized carbons (Fsp3) is 0.381. The first-order valence-electron chi connectivity index (χ1n) is 8.34. The largest absolute Gasteiger partial charge is 0.478 e. The second kappa shape index (κ2) is 5.89. The fourth-order valence-corrected chi connectivity index (χ4v) is 4.32. The standard InChI is InChI=1S/C21H24O2S/c1-20(2)9-10-21(3,4)18-12-14(5-7-17(18)20)15-11-16(24-13-15)6-8-19(22)23/h5-8,11-13H,9-10H2,1-4H3,(H,22,23)/b8-6+. The van der Waals surface area contributed by atoms with Gasteiger partial charge in [0.05, 0.1) is 0 Å². The lowest BCUT2D eigenvalue weighted by atomic mass is 9.63. The Morgan fingerprint density at radius 3 is 2.38 bits per heavy atom. The normalized spacial score (nSPS) is 18.5. The Morgan fingerprint density at radius 2 is 1.71 bits per heavy atom. The summed E-state index contributed by atoms with van der Waals surface area (Å²) < 4.78 is 0. The number of fused-ring (bicyclic) bond motifs is 1. The number of carboxylic acid groups (broad SMARTS) is 1. The number of aliphatic carboxylic acids is 1. The van der Waals surface area contributed by atoms with E-state index in [9.17, 15) is 4.79 Å². The van der Waals surface area contributed by atoms with Gasteiger partial charge in [-0.2, -0.15) is 0 Å². The van der Waals surface area contributed by atoms with Gasteiger partial charge < -0.3 is 5.11 Å². The molecule has 1 aromatic heterocycles. The average molecular weight is 340 g/mol. The van der Waals surface area contributed by atoms with Gasteiger partial charge in [0.15, 0.2) is 0 Å². The molecule has 1 aliphatic rings. The minimum atomic E-state index is -0.914. The van der Waals surface area contributed by atoms with Crippen molar-refractivity contribution in [1.82, 2.24) is 0 Å². The van der Waals surface area contributed by atoms with Gasteiger partial charge in [-0.05, 0) is 63.4 Å². The summed E-state index contributed by atoms with van der Waals surface area (Å²) >= 11 is 1.57. The molecule has 0 spiro atoms. The van der Waals surface area contributed by atoms with Crippen molar-refractivity contribution in [2.45, 2.75) is 51.4 Å². The van der Waals surface area contributed by atoms with E-state index in [0.717, 1.165) is 10.4 Å². The molecule has 0 bridgehead atoms. The quantitative estimate of drug-likeness (QED) is 0.710. The molecule has 1 heterocycles. The predicted octanol–water partition coefficient (Wildman–Crippen LogP) is 5.86. The lowest BCUT2D eigenvalue weighted by molar-refractivity contribution is -0.131. The summed E-state index contributed by atoms with van der Waals surface area (Å²) in [6, 6.07) is 8.89. The van der Waals surface area contributed by atoms with Crippen molar-refractivity contribution in [2.24, 2.45) is 0 Å². The summed E-state index contributed by atoms with van der Waals surface area (Å²) in [5.41, 5.74) is 5.71. The van der Waals surface area contributed by atoms with E-state index in [2.05, 4.69) is 57.3 Å². The van der Waals surface area contributed by atoms with Gasteiger partial charge in [0.2, 0.25) is 0 Å². The first-order chi connectivity index (χ1) is 11.2.